The molecule has 0 saturated carbocycles. The lowest BCUT2D eigenvalue weighted by molar-refractivity contribution is 0.268. The normalized spacial score (nSPS) is 20.0. The molecule has 2 N–H and O–H groups in total. The number of aliphatic hydroxyl groups excluding tert-OH is 1. The highest BCUT2D eigenvalue weighted by molar-refractivity contribution is 7.89. The molecule has 1 aromatic rings. The fourth-order valence-electron chi connectivity index (χ4n) is 2.95. The Hall–Kier alpha value is -0.950. The van der Waals surface area contributed by atoms with Crippen molar-refractivity contribution in [2.75, 3.05) is 19.6 Å². The van der Waals surface area contributed by atoms with Crippen LogP contribution in [0.5, 0.6) is 0 Å². The maximum Gasteiger partial charge on any atom is 0.240 e. The molecular formula is C15H24N2O3S. The van der Waals surface area contributed by atoms with Gasteiger partial charge >= 0.3 is 0 Å². The first kappa shape index (κ1) is 16.4. The van der Waals surface area contributed by atoms with Gasteiger partial charge in [0.1, 0.15) is 0 Å². The average Bonchev–Trinajstić information content (AvgIpc) is 2.93. The summed E-state index contributed by atoms with van der Waals surface area (Å²) in [4.78, 5) is 2.56. The molecule has 118 valence electrons. The van der Waals surface area contributed by atoms with Crippen LogP contribution in [-0.2, 0) is 16.6 Å². The lowest BCUT2D eigenvalue weighted by Crippen LogP contribution is -2.40. The van der Waals surface area contributed by atoms with Gasteiger partial charge in [-0.05, 0) is 50.0 Å². The van der Waals surface area contributed by atoms with Crippen LogP contribution >= 0.6 is 0 Å². The van der Waals surface area contributed by atoms with Crippen molar-refractivity contribution in [2.45, 2.75) is 44.2 Å². The topological polar surface area (TPSA) is 69.6 Å². The van der Waals surface area contributed by atoms with E-state index in [9.17, 15) is 13.5 Å². The third-order valence-electron chi connectivity index (χ3n) is 4.27. The second-order valence-electron chi connectivity index (χ2n) is 5.47. The molecule has 0 radical (unpaired) electrons. The first-order valence-electron chi connectivity index (χ1n) is 7.42. The highest BCUT2D eigenvalue weighted by Gasteiger charge is 2.25. The number of hydrogen-bond donors (Lipinski definition) is 2. The van der Waals surface area contributed by atoms with Gasteiger partial charge in [-0.3, -0.25) is 4.90 Å². The Morgan fingerprint density at radius 3 is 2.86 bits per heavy atom. The minimum atomic E-state index is -3.53. The van der Waals surface area contributed by atoms with Crippen LogP contribution in [-0.4, -0.2) is 44.1 Å². The molecule has 0 spiro atoms. The molecule has 1 atom stereocenters. The Labute approximate surface area is 127 Å². The summed E-state index contributed by atoms with van der Waals surface area (Å²) in [5, 5.41) is 9.26. The molecule has 1 aliphatic heterocycles. The smallest absolute Gasteiger partial charge is 0.240 e. The molecule has 0 aromatic heterocycles. The van der Waals surface area contributed by atoms with E-state index in [4.69, 9.17) is 0 Å². The third kappa shape index (κ3) is 3.63. The van der Waals surface area contributed by atoms with E-state index in [-0.39, 0.29) is 17.5 Å². The fraction of sp³-hybridized carbons (Fsp3) is 0.600. The summed E-state index contributed by atoms with van der Waals surface area (Å²) in [5.74, 6) is 0. The molecule has 1 aromatic carbocycles. The lowest BCUT2D eigenvalue weighted by atomic mass is 10.1. The molecule has 21 heavy (non-hydrogen) atoms. The number of nitrogens with one attached hydrogen (secondary N) is 1. The van der Waals surface area contributed by atoms with E-state index in [1.165, 1.54) is 0 Å². The Bertz CT molecular complexity index is 587. The van der Waals surface area contributed by atoms with Gasteiger partial charge in [0.2, 0.25) is 10.0 Å². The summed E-state index contributed by atoms with van der Waals surface area (Å²) >= 11 is 0. The lowest BCUT2D eigenvalue weighted by Gasteiger charge is -2.23. The second-order valence-corrected chi connectivity index (χ2v) is 7.21. The highest BCUT2D eigenvalue weighted by atomic mass is 32.2. The number of nitrogens with zero attached hydrogens (tertiary/aromatic N) is 1. The third-order valence-corrected chi connectivity index (χ3v) is 5.84. The number of hydrogen-bond acceptors (Lipinski definition) is 4. The molecular weight excluding hydrogens is 288 g/mol. The van der Waals surface area contributed by atoms with Crippen LogP contribution in [0.3, 0.4) is 0 Å². The molecule has 1 unspecified atom stereocenters. The largest absolute Gasteiger partial charge is 0.392 e. The number of likely N-dealkylation sites (N-methyl/N-ethyl adjacent to an activating group) is 1. The van der Waals surface area contributed by atoms with E-state index in [2.05, 4.69) is 16.5 Å². The first-order chi connectivity index (χ1) is 9.99. The van der Waals surface area contributed by atoms with Crippen LogP contribution in [0.1, 0.15) is 30.9 Å². The van der Waals surface area contributed by atoms with Gasteiger partial charge in [0.15, 0.2) is 0 Å². The number of rotatable bonds is 6. The summed E-state index contributed by atoms with van der Waals surface area (Å²) < 4.78 is 27.6. The quantitative estimate of drug-likeness (QED) is 0.829. The molecule has 5 nitrogen and oxygen atoms in total. The van der Waals surface area contributed by atoms with E-state index in [1.807, 2.05) is 0 Å². The van der Waals surface area contributed by atoms with Gasteiger partial charge in [0, 0.05) is 12.6 Å². The SMILES string of the molecule is CCN1CCCC1CNS(=O)(=O)c1cccc(CO)c1C. The number of benzene rings is 1. The van der Waals surface area contributed by atoms with Crippen molar-refractivity contribution in [2.24, 2.45) is 0 Å². The van der Waals surface area contributed by atoms with Crippen molar-refractivity contribution in [3.63, 3.8) is 0 Å². The second kappa shape index (κ2) is 6.87. The highest BCUT2D eigenvalue weighted by Crippen LogP contribution is 2.20. The Balaban J connectivity index is 2.12. The van der Waals surface area contributed by atoms with Gasteiger partial charge in [-0.2, -0.15) is 0 Å². The Morgan fingerprint density at radius 2 is 2.19 bits per heavy atom. The maximum atomic E-state index is 12.5. The molecule has 0 aliphatic carbocycles. The van der Waals surface area contributed by atoms with Crippen LogP contribution in [0.4, 0.5) is 0 Å². The zero-order valence-electron chi connectivity index (χ0n) is 12.7. The molecule has 1 aliphatic rings. The molecule has 1 heterocycles. The van der Waals surface area contributed by atoms with Gasteiger partial charge < -0.3 is 5.11 Å². The zero-order chi connectivity index (χ0) is 15.5. The van der Waals surface area contributed by atoms with Crippen molar-refractivity contribution in [3.05, 3.63) is 29.3 Å². The van der Waals surface area contributed by atoms with Gasteiger partial charge in [-0.15, -0.1) is 0 Å². The first-order valence-corrected chi connectivity index (χ1v) is 8.91. The molecule has 0 bridgehead atoms. The van der Waals surface area contributed by atoms with Crippen LogP contribution in [0.25, 0.3) is 0 Å². The molecule has 2 rings (SSSR count). The van der Waals surface area contributed by atoms with E-state index < -0.39 is 10.0 Å². The molecule has 1 saturated heterocycles. The predicted molar refractivity (Wildman–Crippen MR) is 82.6 cm³/mol. The molecule has 1 fully saturated rings. The number of aliphatic hydroxyl groups is 1. The predicted octanol–water partition coefficient (Wildman–Crippen LogP) is 1.25. The van der Waals surface area contributed by atoms with Gasteiger partial charge in [0.05, 0.1) is 11.5 Å². The van der Waals surface area contributed by atoms with Gasteiger partial charge in [0.25, 0.3) is 0 Å². The van der Waals surface area contributed by atoms with Gasteiger partial charge in [-0.25, -0.2) is 13.1 Å². The van der Waals surface area contributed by atoms with Crippen LogP contribution in [0, 0.1) is 6.92 Å². The van der Waals surface area contributed by atoms with Crippen LogP contribution in [0.15, 0.2) is 23.1 Å². The van der Waals surface area contributed by atoms with Gasteiger partial charge in [-0.1, -0.05) is 19.1 Å². The van der Waals surface area contributed by atoms with E-state index in [0.29, 0.717) is 17.7 Å². The summed E-state index contributed by atoms with van der Waals surface area (Å²) in [5.41, 5.74) is 1.26. The monoisotopic (exact) mass is 312 g/mol. The summed E-state index contributed by atoms with van der Waals surface area (Å²) in [6, 6.07) is 5.28. The number of sulfonamides is 1. The summed E-state index contributed by atoms with van der Waals surface area (Å²) in [6.45, 7) is 6.11. The van der Waals surface area contributed by atoms with Crippen molar-refractivity contribution < 1.29 is 13.5 Å². The Morgan fingerprint density at radius 1 is 1.43 bits per heavy atom. The maximum absolute atomic E-state index is 12.5. The van der Waals surface area contributed by atoms with E-state index in [1.54, 1.807) is 25.1 Å². The standard InChI is InChI=1S/C15H24N2O3S/c1-3-17-9-5-7-14(17)10-16-21(19,20)15-8-4-6-13(11-18)12(15)2/h4,6,8,14,16,18H,3,5,7,9-11H2,1-2H3. The zero-order valence-corrected chi connectivity index (χ0v) is 13.5. The summed E-state index contributed by atoms with van der Waals surface area (Å²) in [6.07, 6.45) is 2.16. The van der Waals surface area contributed by atoms with Crippen molar-refractivity contribution >= 4 is 10.0 Å². The van der Waals surface area contributed by atoms with E-state index >= 15 is 0 Å². The minimum absolute atomic E-state index is 0.151. The van der Waals surface area contributed by atoms with Crippen molar-refractivity contribution in [3.8, 4) is 0 Å². The Kier molecular flexibility index (Phi) is 5.37. The van der Waals surface area contributed by atoms with Crippen molar-refractivity contribution in [1.29, 1.82) is 0 Å². The fourth-order valence-corrected chi connectivity index (χ4v) is 4.31. The average molecular weight is 312 g/mol. The summed E-state index contributed by atoms with van der Waals surface area (Å²) in [7, 11) is -3.53. The van der Waals surface area contributed by atoms with Crippen LogP contribution < -0.4 is 4.72 Å². The van der Waals surface area contributed by atoms with Crippen LogP contribution in [0.2, 0.25) is 0 Å². The molecule has 6 heteroatoms. The van der Waals surface area contributed by atoms with E-state index in [0.717, 1.165) is 25.9 Å². The molecule has 0 amide bonds. The number of likely N-dealkylation sites (tertiary alicyclic amines) is 1. The minimum Gasteiger partial charge on any atom is -0.392 e. The van der Waals surface area contributed by atoms with Crippen molar-refractivity contribution in [1.82, 2.24) is 9.62 Å².